The Hall–Kier alpha value is -0.580. The molecular weight excluding hydrogens is 151 g/mol. The maximum atomic E-state index is 11.5. The molecule has 0 N–H and O–H groups in total. The van der Waals surface area contributed by atoms with Crippen LogP contribution in [0.4, 0.5) is 13.2 Å². The van der Waals surface area contributed by atoms with Crippen LogP contribution < -0.4 is 0 Å². The lowest BCUT2D eigenvalue weighted by Crippen LogP contribution is -2.02. The Morgan fingerprint density at radius 2 is 2.22 bits per heavy atom. The number of aromatic nitrogens is 1. The van der Waals surface area contributed by atoms with E-state index in [1.165, 1.54) is 0 Å². The Labute approximate surface area is 53.2 Å². The van der Waals surface area contributed by atoms with Gasteiger partial charge in [-0.25, -0.2) is 4.98 Å². The van der Waals surface area contributed by atoms with E-state index in [9.17, 15) is 13.2 Å². The van der Waals surface area contributed by atoms with Crippen molar-refractivity contribution in [2.75, 3.05) is 0 Å². The maximum absolute atomic E-state index is 11.5. The average Bonchev–Trinajstić information content (AvgIpc) is 2.08. The second kappa shape index (κ2) is 1.98. The van der Waals surface area contributed by atoms with E-state index in [-0.39, 0.29) is 0 Å². The molecule has 1 rings (SSSR count). The van der Waals surface area contributed by atoms with Gasteiger partial charge in [-0.05, 0) is 0 Å². The summed E-state index contributed by atoms with van der Waals surface area (Å²) in [6, 6.07) is 0. The molecule has 0 amide bonds. The molecule has 0 unspecified atom stereocenters. The lowest BCUT2D eigenvalue weighted by atomic mass is 10.7. The highest BCUT2D eigenvalue weighted by Gasteiger charge is 2.33. The van der Waals surface area contributed by atoms with Crippen molar-refractivity contribution in [1.82, 2.24) is 4.98 Å². The fourth-order valence-corrected chi connectivity index (χ4v) is 0.763. The highest BCUT2D eigenvalue weighted by Crippen LogP contribution is 2.29. The summed E-state index contributed by atoms with van der Waals surface area (Å²) in [5.74, 6) is 0. The van der Waals surface area contributed by atoms with Crippen LogP contribution in [-0.2, 0) is 6.18 Å². The number of rotatable bonds is 0. The second-order valence-corrected chi connectivity index (χ2v) is 2.11. The number of halogens is 3. The van der Waals surface area contributed by atoms with Crippen LogP contribution in [0.15, 0.2) is 6.20 Å². The van der Waals surface area contributed by atoms with Crippen molar-refractivity contribution in [2.45, 2.75) is 6.18 Å². The summed E-state index contributed by atoms with van der Waals surface area (Å²) in [7, 11) is 0. The Kier molecular flexibility index (Phi) is 1.44. The largest absolute Gasteiger partial charge is 0.443 e. The Bertz CT molecular complexity index is 178. The van der Waals surface area contributed by atoms with E-state index in [1.54, 1.807) is 0 Å². The van der Waals surface area contributed by atoms with Crippen LogP contribution in [0.1, 0.15) is 5.01 Å². The van der Waals surface area contributed by atoms with Gasteiger partial charge in [0.15, 0.2) is 5.01 Å². The third-order valence-corrected chi connectivity index (χ3v) is 1.39. The van der Waals surface area contributed by atoms with Crippen molar-refractivity contribution >= 4 is 11.3 Å². The first kappa shape index (κ1) is 6.54. The molecule has 0 fully saturated rings. The minimum atomic E-state index is -4.30. The highest BCUT2D eigenvalue weighted by atomic mass is 32.1. The molecule has 1 aromatic rings. The lowest BCUT2D eigenvalue weighted by molar-refractivity contribution is -0.137. The molecule has 0 aliphatic carbocycles. The summed E-state index contributed by atoms with van der Waals surface area (Å²) in [5, 5.41) is 1.40. The summed E-state index contributed by atoms with van der Waals surface area (Å²) in [6.07, 6.45) is -3.29. The molecule has 1 heterocycles. The number of hydrogen-bond acceptors (Lipinski definition) is 2. The molecule has 0 aromatic carbocycles. The van der Waals surface area contributed by atoms with Crippen LogP contribution in [0.5, 0.6) is 0 Å². The maximum Gasteiger partial charge on any atom is 0.443 e. The first-order chi connectivity index (χ1) is 4.11. The van der Waals surface area contributed by atoms with Gasteiger partial charge in [0.25, 0.3) is 0 Å². The van der Waals surface area contributed by atoms with Crippen LogP contribution in [-0.4, -0.2) is 4.98 Å². The molecule has 9 heavy (non-hydrogen) atoms. The molecule has 0 bridgehead atoms. The molecule has 0 atom stereocenters. The smallest absolute Gasteiger partial charge is 0.240 e. The van der Waals surface area contributed by atoms with Crippen LogP contribution in [0.3, 0.4) is 0 Å². The van der Waals surface area contributed by atoms with Gasteiger partial charge in [-0.1, -0.05) is 0 Å². The third-order valence-electron chi connectivity index (χ3n) is 0.633. The third kappa shape index (κ3) is 1.41. The van der Waals surface area contributed by atoms with Gasteiger partial charge in [0.05, 0.1) is 5.38 Å². The van der Waals surface area contributed by atoms with E-state index in [1.807, 2.05) is 0 Å². The topological polar surface area (TPSA) is 12.9 Å². The predicted molar refractivity (Wildman–Crippen MR) is 26.0 cm³/mol. The second-order valence-electron chi connectivity index (χ2n) is 1.28. The molecule has 1 aromatic heterocycles. The number of thiazole rings is 1. The summed E-state index contributed by atoms with van der Waals surface area (Å²) in [5.41, 5.74) is 0. The molecule has 1 radical (unpaired) electrons. The monoisotopic (exact) mass is 152 g/mol. The van der Waals surface area contributed by atoms with E-state index in [2.05, 4.69) is 10.4 Å². The average molecular weight is 152 g/mol. The summed E-state index contributed by atoms with van der Waals surface area (Å²) >= 11 is 0.469. The van der Waals surface area contributed by atoms with Crippen molar-refractivity contribution in [3.8, 4) is 0 Å². The van der Waals surface area contributed by atoms with Crippen molar-refractivity contribution in [3.05, 3.63) is 16.6 Å². The first-order valence-electron chi connectivity index (χ1n) is 2.00. The van der Waals surface area contributed by atoms with Crippen molar-refractivity contribution in [3.63, 3.8) is 0 Å². The van der Waals surface area contributed by atoms with E-state index in [0.717, 1.165) is 6.20 Å². The van der Waals surface area contributed by atoms with Gasteiger partial charge in [-0.15, -0.1) is 11.3 Å². The Balaban J connectivity index is 2.90. The fraction of sp³-hybridized carbons (Fsp3) is 0.250. The minimum absolute atomic E-state index is 0.469. The molecular formula is C4HF3NS. The van der Waals surface area contributed by atoms with Crippen molar-refractivity contribution in [2.24, 2.45) is 0 Å². The van der Waals surface area contributed by atoms with Crippen molar-refractivity contribution in [1.29, 1.82) is 0 Å². The fourth-order valence-electron chi connectivity index (χ4n) is 0.325. The van der Waals surface area contributed by atoms with Gasteiger partial charge in [0, 0.05) is 6.20 Å². The predicted octanol–water partition coefficient (Wildman–Crippen LogP) is 1.96. The number of hydrogen-bond donors (Lipinski definition) is 0. The van der Waals surface area contributed by atoms with E-state index >= 15 is 0 Å². The van der Waals surface area contributed by atoms with Gasteiger partial charge in [0.1, 0.15) is 0 Å². The quantitative estimate of drug-likeness (QED) is 0.553. The van der Waals surface area contributed by atoms with E-state index in [4.69, 9.17) is 0 Å². The SMILES string of the molecule is FC(F)(F)c1nc[c]s1. The molecule has 0 saturated heterocycles. The molecule has 0 saturated carbocycles. The molecule has 49 valence electrons. The van der Waals surface area contributed by atoms with Gasteiger partial charge in [-0.3, -0.25) is 0 Å². The number of nitrogens with zero attached hydrogens (tertiary/aromatic N) is 1. The van der Waals surface area contributed by atoms with Gasteiger partial charge >= 0.3 is 6.18 Å². The van der Waals surface area contributed by atoms with Crippen molar-refractivity contribution < 1.29 is 13.2 Å². The molecule has 0 aliphatic rings. The van der Waals surface area contributed by atoms with E-state index in [0.29, 0.717) is 11.3 Å². The molecule has 1 nitrogen and oxygen atoms in total. The zero-order chi connectivity index (χ0) is 6.91. The van der Waals surface area contributed by atoms with Crippen LogP contribution in [0, 0.1) is 5.38 Å². The molecule has 5 heteroatoms. The van der Waals surface area contributed by atoms with Crippen LogP contribution >= 0.6 is 11.3 Å². The normalized spacial score (nSPS) is 11.9. The standard InChI is InChI=1S/C4HF3NS/c5-4(6,7)3-8-1-2-9-3/h1H. The molecule has 0 spiro atoms. The Morgan fingerprint density at radius 1 is 1.56 bits per heavy atom. The Morgan fingerprint density at radius 3 is 2.44 bits per heavy atom. The minimum Gasteiger partial charge on any atom is -0.240 e. The lowest BCUT2D eigenvalue weighted by Gasteiger charge is -1.97. The molecule has 0 aliphatic heterocycles. The summed E-state index contributed by atoms with van der Waals surface area (Å²) < 4.78 is 34.6. The van der Waals surface area contributed by atoms with Gasteiger partial charge in [0.2, 0.25) is 0 Å². The van der Waals surface area contributed by atoms with Crippen LogP contribution in [0.25, 0.3) is 0 Å². The summed E-state index contributed by atoms with van der Waals surface area (Å²) in [6.45, 7) is 0. The zero-order valence-electron chi connectivity index (χ0n) is 4.07. The zero-order valence-corrected chi connectivity index (χ0v) is 4.88. The first-order valence-corrected chi connectivity index (χ1v) is 2.81. The summed E-state index contributed by atoms with van der Waals surface area (Å²) in [4.78, 5) is 3.03. The van der Waals surface area contributed by atoms with Crippen LogP contribution in [0.2, 0.25) is 0 Å². The van der Waals surface area contributed by atoms with Gasteiger partial charge < -0.3 is 0 Å². The van der Waals surface area contributed by atoms with Gasteiger partial charge in [-0.2, -0.15) is 13.2 Å². The number of alkyl halides is 3. The van der Waals surface area contributed by atoms with E-state index < -0.39 is 11.2 Å². The highest BCUT2D eigenvalue weighted by molar-refractivity contribution is 7.09.